The molecule has 1 heteroatoms. The van der Waals surface area contributed by atoms with Crippen LogP contribution < -0.4 is 0 Å². The van der Waals surface area contributed by atoms with Crippen LogP contribution in [0.1, 0.15) is 41.0 Å². The summed E-state index contributed by atoms with van der Waals surface area (Å²) in [6.07, 6.45) is 1.37. The third kappa shape index (κ3) is 1.32. The Morgan fingerprint density at radius 1 is 1.21 bits per heavy atom. The van der Waals surface area contributed by atoms with Crippen molar-refractivity contribution in [3.05, 3.63) is 0 Å². The highest BCUT2D eigenvalue weighted by Crippen LogP contribution is 2.60. The van der Waals surface area contributed by atoms with Crippen molar-refractivity contribution >= 4 is 0 Å². The number of likely N-dealkylation sites (N-methyl/N-ethyl adjacent to an activating group) is 1. The first-order valence-corrected chi connectivity index (χ1v) is 6.08. The van der Waals surface area contributed by atoms with Crippen LogP contribution in [-0.2, 0) is 0 Å². The second-order valence-corrected chi connectivity index (χ2v) is 6.62. The van der Waals surface area contributed by atoms with Gasteiger partial charge in [0.2, 0.25) is 0 Å². The summed E-state index contributed by atoms with van der Waals surface area (Å²) >= 11 is 0. The van der Waals surface area contributed by atoms with E-state index in [9.17, 15) is 0 Å². The van der Waals surface area contributed by atoms with Crippen LogP contribution in [0.5, 0.6) is 0 Å². The smallest absolute Gasteiger partial charge is 0.0291 e. The fourth-order valence-electron chi connectivity index (χ4n) is 4.28. The van der Waals surface area contributed by atoms with Crippen molar-refractivity contribution < 1.29 is 0 Å². The molecule has 1 saturated carbocycles. The Balaban J connectivity index is 2.01. The molecule has 2 rings (SSSR count). The Hall–Kier alpha value is -0.0400. The summed E-state index contributed by atoms with van der Waals surface area (Å²) < 4.78 is 0. The molecule has 0 N–H and O–H groups in total. The summed E-state index contributed by atoms with van der Waals surface area (Å²) in [7, 11) is 2.29. The van der Waals surface area contributed by atoms with Gasteiger partial charge in [0, 0.05) is 12.1 Å². The lowest BCUT2D eigenvalue weighted by Gasteiger charge is -2.44. The molecule has 2 fully saturated rings. The number of nitrogens with zero attached hydrogens (tertiary/aromatic N) is 1. The fraction of sp³-hybridized carbons (Fsp3) is 1.00. The van der Waals surface area contributed by atoms with Gasteiger partial charge in [-0.15, -0.1) is 0 Å². The van der Waals surface area contributed by atoms with Crippen molar-refractivity contribution in [1.29, 1.82) is 0 Å². The highest BCUT2D eigenvalue weighted by molar-refractivity contribution is 5.21. The van der Waals surface area contributed by atoms with E-state index in [0.29, 0.717) is 5.41 Å². The van der Waals surface area contributed by atoms with Gasteiger partial charge in [0.05, 0.1) is 0 Å². The average molecular weight is 195 g/mol. The van der Waals surface area contributed by atoms with Crippen molar-refractivity contribution in [3.63, 3.8) is 0 Å². The minimum atomic E-state index is 0.541. The molecule has 1 heterocycles. The number of rotatable bonds is 3. The molecule has 0 bridgehead atoms. The van der Waals surface area contributed by atoms with E-state index in [0.717, 1.165) is 29.8 Å². The molecule has 0 aromatic heterocycles. The van der Waals surface area contributed by atoms with Gasteiger partial charge >= 0.3 is 0 Å². The van der Waals surface area contributed by atoms with Gasteiger partial charge < -0.3 is 0 Å². The largest absolute Gasteiger partial charge is 0.297 e. The van der Waals surface area contributed by atoms with Crippen LogP contribution in [0, 0.1) is 23.2 Å². The molecule has 1 aliphatic carbocycles. The van der Waals surface area contributed by atoms with Crippen molar-refractivity contribution in [2.75, 3.05) is 7.05 Å². The Kier molecular flexibility index (Phi) is 2.23. The topological polar surface area (TPSA) is 3.01 Å². The van der Waals surface area contributed by atoms with E-state index < -0.39 is 0 Å². The summed E-state index contributed by atoms with van der Waals surface area (Å²) in [5, 5.41) is 0. The first-order valence-electron chi connectivity index (χ1n) is 6.08. The van der Waals surface area contributed by atoms with Crippen LogP contribution in [0.3, 0.4) is 0 Å². The zero-order valence-electron chi connectivity index (χ0n) is 10.5. The number of hydrogen-bond acceptors (Lipinski definition) is 1. The molecule has 2 aliphatic rings. The molecule has 5 atom stereocenters. The van der Waals surface area contributed by atoms with Crippen LogP contribution in [-0.4, -0.2) is 24.0 Å². The van der Waals surface area contributed by atoms with Gasteiger partial charge in [-0.25, -0.2) is 0 Å². The summed E-state index contributed by atoms with van der Waals surface area (Å²) in [5.74, 6) is 2.71. The molecule has 82 valence electrons. The highest BCUT2D eigenvalue weighted by Gasteiger charge is 2.67. The van der Waals surface area contributed by atoms with Crippen molar-refractivity contribution in [2.24, 2.45) is 23.2 Å². The van der Waals surface area contributed by atoms with Gasteiger partial charge in [0.25, 0.3) is 0 Å². The minimum absolute atomic E-state index is 0.541. The molecule has 0 aromatic rings. The van der Waals surface area contributed by atoms with Crippen molar-refractivity contribution in [3.8, 4) is 0 Å². The molecular formula is C13H25N. The predicted octanol–water partition coefficient (Wildman–Crippen LogP) is 3.01. The summed E-state index contributed by atoms with van der Waals surface area (Å²) in [5.41, 5.74) is 0.541. The van der Waals surface area contributed by atoms with Gasteiger partial charge in [0.1, 0.15) is 0 Å². The van der Waals surface area contributed by atoms with Gasteiger partial charge in [-0.3, -0.25) is 4.90 Å². The van der Waals surface area contributed by atoms with Gasteiger partial charge in [-0.05, 0) is 36.6 Å². The van der Waals surface area contributed by atoms with E-state index in [1.807, 2.05) is 0 Å². The molecule has 0 spiro atoms. The molecule has 1 nitrogen and oxygen atoms in total. The Morgan fingerprint density at radius 2 is 1.79 bits per heavy atom. The minimum Gasteiger partial charge on any atom is -0.297 e. The van der Waals surface area contributed by atoms with Crippen molar-refractivity contribution in [2.45, 2.75) is 53.1 Å². The zero-order valence-corrected chi connectivity index (χ0v) is 10.5. The maximum Gasteiger partial charge on any atom is 0.0291 e. The SMILES string of the molecule is CC(C)CC(C)(C)C1C(C)C2C1N2C. The molecule has 0 radical (unpaired) electrons. The Labute approximate surface area is 88.9 Å². The van der Waals surface area contributed by atoms with Gasteiger partial charge in [-0.2, -0.15) is 0 Å². The Morgan fingerprint density at radius 3 is 2.14 bits per heavy atom. The third-order valence-corrected chi connectivity index (χ3v) is 4.51. The molecule has 1 aliphatic heterocycles. The van der Waals surface area contributed by atoms with Gasteiger partial charge in [0.15, 0.2) is 0 Å². The molecular weight excluding hydrogens is 170 g/mol. The van der Waals surface area contributed by atoms with Crippen LogP contribution in [0.15, 0.2) is 0 Å². The first-order chi connectivity index (χ1) is 6.36. The first kappa shape index (κ1) is 10.5. The summed E-state index contributed by atoms with van der Waals surface area (Å²) in [6.45, 7) is 12.1. The van der Waals surface area contributed by atoms with Crippen LogP contribution >= 0.6 is 0 Å². The number of likely N-dealkylation sites (tertiary alicyclic amines) is 1. The quantitative estimate of drug-likeness (QED) is 0.626. The highest BCUT2D eigenvalue weighted by atomic mass is 15.4. The fourth-order valence-corrected chi connectivity index (χ4v) is 4.28. The van der Waals surface area contributed by atoms with Crippen LogP contribution in [0.25, 0.3) is 0 Å². The summed E-state index contributed by atoms with van der Waals surface area (Å²) in [4.78, 5) is 2.57. The van der Waals surface area contributed by atoms with E-state index >= 15 is 0 Å². The molecule has 0 amide bonds. The van der Waals surface area contributed by atoms with E-state index in [4.69, 9.17) is 0 Å². The average Bonchev–Trinajstić information content (AvgIpc) is 2.50. The molecule has 0 aromatic carbocycles. The predicted molar refractivity (Wildman–Crippen MR) is 61.2 cm³/mol. The molecule has 14 heavy (non-hydrogen) atoms. The second kappa shape index (κ2) is 2.98. The monoisotopic (exact) mass is 195 g/mol. The lowest BCUT2D eigenvalue weighted by atomic mass is 9.59. The maximum atomic E-state index is 2.57. The third-order valence-electron chi connectivity index (χ3n) is 4.51. The zero-order chi connectivity index (χ0) is 10.7. The molecule has 1 saturated heterocycles. The van der Waals surface area contributed by atoms with Crippen molar-refractivity contribution in [1.82, 2.24) is 4.90 Å². The number of hydrogen-bond donors (Lipinski definition) is 0. The Bertz CT molecular complexity index is 225. The second-order valence-electron chi connectivity index (χ2n) is 6.62. The van der Waals surface area contributed by atoms with Gasteiger partial charge in [-0.1, -0.05) is 34.6 Å². The van der Waals surface area contributed by atoms with E-state index in [1.54, 1.807) is 0 Å². The lowest BCUT2D eigenvalue weighted by molar-refractivity contribution is 0.0728. The lowest BCUT2D eigenvalue weighted by Crippen LogP contribution is -2.45. The standard InChI is InChI=1S/C13H25N/c1-8(2)7-13(4,5)10-9(3)11-12(10)14(11)6/h8-12H,7H2,1-6H3. The normalized spacial score (nSPS) is 46.1. The molecule has 5 unspecified atom stereocenters. The van der Waals surface area contributed by atoms with E-state index in [1.165, 1.54) is 6.42 Å². The maximum absolute atomic E-state index is 2.57. The summed E-state index contributed by atoms with van der Waals surface area (Å²) in [6, 6.07) is 1.87. The van der Waals surface area contributed by atoms with E-state index in [-0.39, 0.29) is 0 Å². The van der Waals surface area contributed by atoms with E-state index in [2.05, 4.69) is 46.6 Å². The van der Waals surface area contributed by atoms with Crippen LogP contribution in [0.2, 0.25) is 0 Å². The van der Waals surface area contributed by atoms with Crippen LogP contribution in [0.4, 0.5) is 0 Å². The number of fused-ring (bicyclic) bond motifs is 1.